The number of amides is 1. The van der Waals surface area contributed by atoms with Gasteiger partial charge in [-0.15, -0.1) is 11.3 Å². The van der Waals surface area contributed by atoms with Gasteiger partial charge in [-0.1, -0.05) is 29.8 Å². The molecule has 25 heavy (non-hydrogen) atoms. The Kier molecular flexibility index (Phi) is 5.03. The van der Waals surface area contributed by atoms with Crippen molar-refractivity contribution in [3.05, 3.63) is 40.4 Å². The summed E-state index contributed by atoms with van der Waals surface area (Å²) in [6.45, 7) is 2.81. The highest BCUT2D eigenvalue weighted by atomic mass is 35.5. The molecule has 2 aromatic rings. The fourth-order valence-electron chi connectivity index (χ4n) is 3.31. The molecule has 3 heterocycles. The summed E-state index contributed by atoms with van der Waals surface area (Å²) < 4.78 is 11.2. The number of hydrogen-bond acceptors (Lipinski definition) is 5. The molecule has 0 spiro atoms. The van der Waals surface area contributed by atoms with Crippen molar-refractivity contribution in [3.63, 3.8) is 0 Å². The molecule has 4 rings (SSSR count). The Bertz CT molecular complexity index is 752. The molecule has 0 unspecified atom stereocenters. The molecule has 1 aromatic heterocycles. The van der Waals surface area contributed by atoms with E-state index in [1.54, 1.807) is 6.20 Å². The van der Waals surface area contributed by atoms with Crippen molar-refractivity contribution >= 4 is 28.8 Å². The fourth-order valence-corrected chi connectivity index (χ4v) is 4.52. The van der Waals surface area contributed by atoms with Crippen LogP contribution in [-0.4, -0.2) is 48.4 Å². The number of thiazole rings is 1. The van der Waals surface area contributed by atoms with Crippen molar-refractivity contribution in [2.24, 2.45) is 5.92 Å². The smallest absolute Gasteiger partial charge is 0.265 e. The first-order valence-electron chi connectivity index (χ1n) is 8.45. The van der Waals surface area contributed by atoms with Crippen LogP contribution in [0.15, 0.2) is 30.5 Å². The van der Waals surface area contributed by atoms with Gasteiger partial charge in [0.2, 0.25) is 0 Å². The first-order chi connectivity index (χ1) is 12.2. The molecule has 132 valence electrons. The number of piperidine rings is 1. The summed E-state index contributed by atoms with van der Waals surface area (Å²) in [4.78, 5) is 19.7. The second-order valence-corrected chi connectivity index (χ2v) is 7.69. The van der Waals surface area contributed by atoms with Gasteiger partial charge in [0.15, 0.2) is 6.29 Å². The van der Waals surface area contributed by atoms with Crippen LogP contribution in [0.25, 0.3) is 10.6 Å². The van der Waals surface area contributed by atoms with Crippen LogP contribution in [0.4, 0.5) is 0 Å². The summed E-state index contributed by atoms with van der Waals surface area (Å²) in [6.07, 6.45) is 3.38. The van der Waals surface area contributed by atoms with Crippen molar-refractivity contribution < 1.29 is 14.3 Å². The number of likely N-dealkylation sites (tertiary alicyclic amines) is 1. The van der Waals surface area contributed by atoms with Gasteiger partial charge in [0.05, 0.1) is 24.4 Å². The maximum atomic E-state index is 12.8. The topological polar surface area (TPSA) is 51.7 Å². The van der Waals surface area contributed by atoms with E-state index in [0.717, 1.165) is 36.5 Å². The predicted octanol–water partition coefficient (Wildman–Crippen LogP) is 3.69. The van der Waals surface area contributed by atoms with E-state index >= 15 is 0 Å². The standard InChI is InChI=1S/C18H19ClN2O3S/c19-14-4-2-1-3-13(14)16-20-11-15(25-16)17(22)21-7-5-12(6-8-21)18-23-9-10-24-18/h1-4,11-12,18H,5-10H2. The highest BCUT2D eigenvalue weighted by Gasteiger charge is 2.32. The molecule has 2 saturated heterocycles. The lowest BCUT2D eigenvalue weighted by Crippen LogP contribution is -2.41. The number of rotatable bonds is 3. The Morgan fingerprint density at radius 1 is 1.20 bits per heavy atom. The minimum atomic E-state index is -0.0903. The van der Waals surface area contributed by atoms with Gasteiger partial charge in [-0.25, -0.2) is 4.98 Å². The van der Waals surface area contributed by atoms with Gasteiger partial charge in [0.25, 0.3) is 5.91 Å². The third-order valence-electron chi connectivity index (χ3n) is 4.68. The van der Waals surface area contributed by atoms with Crippen LogP contribution >= 0.6 is 22.9 Å². The lowest BCUT2D eigenvalue weighted by atomic mass is 9.96. The molecule has 0 aliphatic carbocycles. The molecule has 1 amide bonds. The summed E-state index contributed by atoms with van der Waals surface area (Å²) >= 11 is 7.61. The summed E-state index contributed by atoms with van der Waals surface area (Å²) in [7, 11) is 0. The zero-order valence-electron chi connectivity index (χ0n) is 13.7. The molecule has 0 bridgehead atoms. The Balaban J connectivity index is 1.41. The third kappa shape index (κ3) is 3.58. The molecule has 2 aliphatic rings. The molecule has 5 nitrogen and oxygen atoms in total. The zero-order chi connectivity index (χ0) is 17.2. The van der Waals surface area contributed by atoms with Crippen LogP contribution in [0, 0.1) is 5.92 Å². The molecule has 7 heteroatoms. The highest BCUT2D eigenvalue weighted by Crippen LogP contribution is 2.32. The van der Waals surface area contributed by atoms with E-state index in [2.05, 4.69) is 4.98 Å². The quantitative estimate of drug-likeness (QED) is 0.817. The Labute approximate surface area is 155 Å². The Morgan fingerprint density at radius 2 is 1.92 bits per heavy atom. The summed E-state index contributed by atoms with van der Waals surface area (Å²) in [6, 6.07) is 7.55. The first kappa shape index (κ1) is 17.0. The van der Waals surface area contributed by atoms with Crippen LogP contribution in [0.3, 0.4) is 0 Å². The molecule has 1 aromatic carbocycles. The van der Waals surface area contributed by atoms with Crippen molar-refractivity contribution in [1.29, 1.82) is 0 Å². The van der Waals surface area contributed by atoms with Crippen molar-refractivity contribution in [2.75, 3.05) is 26.3 Å². The number of nitrogens with zero attached hydrogens (tertiary/aromatic N) is 2. The van der Waals surface area contributed by atoms with Crippen LogP contribution in [0.5, 0.6) is 0 Å². The molecule has 0 N–H and O–H groups in total. The van der Waals surface area contributed by atoms with E-state index in [1.165, 1.54) is 11.3 Å². The maximum absolute atomic E-state index is 12.8. The summed E-state index contributed by atoms with van der Waals surface area (Å²) in [5.41, 5.74) is 0.863. The van der Waals surface area contributed by atoms with Gasteiger partial charge in [-0.3, -0.25) is 4.79 Å². The molecule has 2 fully saturated rings. The van der Waals surface area contributed by atoms with Gasteiger partial charge in [-0.2, -0.15) is 0 Å². The van der Waals surface area contributed by atoms with Crippen molar-refractivity contribution in [1.82, 2.24) is 9.88 Å². The first-order valence-corrected chi connectivity index (χ1v) is 9.65. The number of carbonyl (C=O) groups is 1. The maximum Gasteiger partial charge on any atom is 0.265 e. The van der Waals surface area contributed by atoms with Gasteiger partial charge < -0.3 is 14.4 Å². The van der Waals surface area contributed by atoms with E-state index in [1.807, 2.05) is 29.2 Å². The number of aromatic nitrogens is 1. The molecular formula is C18H19ClN2O3S. The van der Waals surface area contributed by atoms with Gasteiger partial charge in [-0.05, 0) is 18.9 Å². The predicted molar refractivity (Wildman–Crippen MR) is 96.9 cm³/mol. The van der Waals surface area contributed by atoms with Crippen molar-refractivity contribution in [2.45, 2.75) is 19.1 Å². The number of ether oxygens (including phenoxy) is 2. The van der Waals surface area contributed by atoms with E-state index < -0.39 is 0 Å². The van der Waals surface area contributed by atoms with Gasteiger partial charge in [0.1, 0.15) is 9.88 Å². The average Bonchev–Trinajstić information content (AvgIpc) is 3.34. The number of carbonyl (C=O) groups excluding carboxylic acids is 1. The van der Waals surface area contributed by atoms with Crippen LogP contribution < -0.4 is 0 Å². The lowest BCUT2D eigenvalue weighted by molar-refractivity contribution is -0.0956. The lowest BCUT2D eigenvalue weighted by Gasteiger charge is -2.33. The summed E-state index contributed by atoms with van der Waals surface area (Å²) in [5.74, 6) is 0.425. The second kappa shape index (κ2) is 7.41. The molecule has 0 saturated carbocycles. The molecule has 0 radical (unpaired) electrons. The highest BCUT2D eigenvalue weighted by molar-refractivity contribution is 7.17. The second-order valence-electron chi connectivity index (χ2n) is 6.25. The Morgan fingerprint density at radius 3 is 2.64 bits per heavy atom. The fraction of sp³-hybridized carbons (Fsp3) is 0.444. The SMILES string of the molecule is O=C(c1cnc(-c2ccccc2Cl)s1)N1CCC(C2OCCO2)CC1. The normalized spacial score (nSPS) is 19.5. The van der Waals surface area contributed by atoms with Crippen LogP contribution in [-0.2, 0) is 9.47 Å². The molecule has 0 atom stereocenters. The van der Waals surface area contributed by atoms with E-state index in [0.29, 0.717) is 29.0 Å². The van der Waals surface area contributed by atoms with Gasteiger partial charge >= 0.3 is 0 Å². The molecular weight excluding hydrogens is 360 g/mol. The van der Waals surface area contributed by atoms with Crippen LogP contribution in [0.2, 0.25) is 5.02 Å². The largest absolute Gasteiger partial charge is 0.350 e. The number of halogens is 1. The Hall–Kier alpha value is -1.47. The minimum absolute atomic E-state index is 0.0440. The number of hydrogen-bond donors (Lipinski definition) is 0. The third-order valence-corrected chi connectivity index (χ3v) is 6.03. The van der Waals surface area contributed by atoms with E-state index in [9.17, 15) is 4.79 Å². The zero-order valence-corrected chi connectivity index (χ0v) is 15.3. The minimum Gasteiger partial charge on any atom is -0.350 e. The number of benzene rings is 1. The van der Waals surface area contributed by atoms with E-state index in [4.69, 9.17) is 21.1 Å². The van der Waals surface area contributed by atoms with E-state index in [-0.39, 0.29) is 12.2 Å². The monoisotopic (exact) mass is 378 g/mol. The summed E-state index contributed by atoms with van der Waals surface area (Å²) in [5, 5.41) is 1.42. The van der Waals surface area contributed by atoms with Gasteiger partial charge in [0, 0.05) is 24.6 Å². The average molecular weight is 379 g/mol. The molecule has 2 aliphatic heterocycles. The van der Waals surface area contributed by atoms with Crippen molar-refractivity contribution in [3.8, 4) is 10.6 Å². The van der Waals surface area contributed by atoms with Crippen LogP contribution in [0.1, 0.15) is 22.5 Å².